The number of aromatic hydroxyl groups is 1. The van der Waals surface area contributed by atoms with Crippen molar-refractivity contribution in [3.05, 3.63) is 88.4 Å². The topological polar surface area (TPSA) is 143 Å². The van der Waals surface area contributed by atoms with Gasteiger partial charge < -0.3 is 20.6 Å². The summed E-state index contributed by atoms with van der Waals surface area (Å²) >= 11 is 0. The monoisotopic (exact) mass is 413 g/mol. The lowest BCUT2D eigenvalue weighted by molar-refractivity contribution is -0.622. The first-order valence-corrected chi connectivity index (χ1v) is 9.16. The number of nitrogens with zero attached hydrogens (tertiary/aromatic N) is 5. The summed E-state index contributed by atoms with van der Waals surface area (Å²) in [6.07, 6.45) is 0. The highest BCUT2D eigenvalue weighted by Crippen LogP contribution is 2.33. The molecule has 9 nitrogen and oxygen atoms in total. The maximum absolute atomic E-state index is 13.0. The van der Waals surface area contributed by atoms with Gasteiger partial charge in [-0.05, 0) is 35.9 Å². The summed E-state index contributed by atoms with van der Waals surface area (Å²) in [4.78, 5) is 0. The third-order valence-electron chi connectivity index (χ3n) is 4.67. The largest absolute Gasteiger partial charge is 0.617 e. The van der Waals surface area contributed by atoms with Crippen LogP contribution in [0.15, 0.2) is 77.0 Å². The van der Waals surface area contributed by atoms with E-state index in [1.54, 1.807) is 42.5 Å². The number of para-hydroxylation sites is 2. The zero-order valence-electron chi connectivity index (χ0n) is 16.0. The smallest absolute Gasteiger partial charge is 0.369 e. The standard InChI is InChI=1S/C22H15N5O4/c23-12-20-22(27(31)19-7-2-1-6-18(19)26(20)30)17-11-16(8-9-21(17)29)25-24-15-5-3-4-14(10-15)13-28/h1-11,28-29H,13H2/b25-24+. The highest BCUT2D eigenvalue weighted by Gasteiger charge is 2.31. The summed E-state index contributed by atoms with van der Waals surface area (Å²) in [6, 6.07) is 18.8. The summed E-state index contributed by atoms with van der Waals surface area (Å²) < 4.78 is 0.816. The molecule has 1 aromatic heterocycles. The number of aliphatic hydroxyl groups is 1. The van der Waals surface area contributed by atoms with Crippen molar-refractivity contribution in [3.63, 3.8) is 0 Å². The maximum Gasteiger partial charge on any atom is 0.369 e. The molecule has 0 saturated heterocycles. The molecule has 2 N–H and O–H groups in total. The van der Waals surface area contributed by atoms with Crippen LogP contribution in [0.4, 0.5) is 11.4 Å². The van der Waals surface area contributed by atoms with Crippen LogP contribution >= 0.6 is 0 Å². The molecule has 0 spiro atoms. The molecule has 0 aliphatic carbocycles. The number of phenols is 1. The van der Waals surface area contributed by atoms with Gasteiger partial charge in [-0.25, -0.2) is 0 Å². The van der Waals surface area contributed by atoms with Crippen molar-refractivity contribution in [2.24, 2.45) is 10.2 Å². The van der Waals surface area contributed by atoms with Gasteiger partial charge in [0.1, 0.15) is 5.75 Å². The molecule has 4 rings (SSSR count). The number of aromatic nitrogens is 2. The molecule has 0 saturated carbocycles. The predicted octanol–water partition coefficient (Wildman–Crippen LogP) is 3.26. The van der Waals surface area contributed by atoms with Crippen molar-refractivity contribution in [2.45, 2.75) is 6.61 Å². The Kier molecular flexibility index (Phi) is 5.13. The lowest BCUT2D eigenvalue weighted by atomic mass is 10.1. The van der Waals surface area contributed by atoms with E-state index in [2.05, 4.69) is 10.2 Å². The van der Waals surface area contributed by atoms with Crippen molar-refractivity contribution in [2.75, 3.05) is 0 Å². The molecular weight excluding hydrogens is 398 g/mol. The van der Waals surface area contributed by atoms with Gasteiger partial charge in [0.15, 0.2) is 6.07 Å². The Labute approximate surface area is 176 Å². The number of aliphatic hydroxyl groups excluding tert-OH is 1. The zero-order valence-corrected chi connectivity index (χ0v) is 16.0. The van der Waals surface area contributed by atoms with Gasteiger partial charge >= 0.3 is 11.4 Å². The Hall–Kier alpha value is -4.55. The van der Waals surface area contributed by atoms with E-state index in [4.69, 9.17) is 0 Å². The van der Waals surface area contributed by atoms with E-state index in [-0.39, 0.29) is 40.3 Å². The van der Waals surface area contributed by atoms with Crippen LogP contribution in [0.1, 0.15) is 11.3 Å². The fourth-order valence-corrected chi connectivity index (χ4v) is 3.18. The van der Waals surface area contributed by atoms with Crippen LogP contribution in [0.2, 0.25) is 0 Å². The first-order chi connectivity index (χ1) is 15.0. The number of benzene rings is 3. The number of nitriles is 1. The summed E-state index contributed by atoms with van der Waals surface area (Å²) in [5.74, 6) is -0.294. The molecule has 1 heterocycles. The Morgan fingerprint density at radius 1 is 0.871 bits per heavy atom. The average Bonchev–Trinajstić information content (AvgIpc) is 2.81. The van der Waals surface area contributed by atoms with Crippen molar-refractivity contribution < 1.29 is 19.7 Å². The average molecular weight is 413 g/mol. The molecule has 0 atom stereocenters. The number of azo groups is 1. The van der Waals surface area contributed by atoms with Gasteiger partial charge in [-0.2, -0.15) is 20.2 Å². The molecular formula is C22H15N5O4. The summed E-state index contributed by atoms with van der Waals surface area (Å²) in [7, 11) is 0. The van der Waals surface area contributed by atoms with E-state index >= 15 is 0 Å². The van der Waals surface area contributed by atoms with Crippen LogP contribution in [-0.4, -0.2) is 10.2 Å². The van der Waals surface area contributed by atoms with Crippen molar-refractivity contribution in [1.29, 1.82) is 5.26 Å². The Balaban J connectivity index is 1.86. The molecule has 4 aromatic rings. The van der Waals surface area contributed by atoms with Crippen LogP contribution in [0, 0.1) is 21.7 Å². The van der Waals surface area contributed by atoms with E-state index in [1.807, 2.05) is 0 Å². The predicted molar refractivity (Wildman–Crippen MR) is 110 cm³/mol. The van der Waals surface area contributed by atoms with Gasteiger partial charge in [0.2, 0.25) is 0 Å². The zero-order chi connectivity index (χ0) is 22.0. The summed E-state index contributed by atoms with van der Waals surface area (Å²) in [5, 5.41) is 63.0. The van der Waals surface area contributed by atoms with Crippen molar-refractivity contribution in [3.8, 4) is 23.1 Å². The van der Waals surface area contributed by atoms with E-state index in [0.29, 0.717) is 20.7 Å². The summed E-state index contributed by atoms with van der Waals surface area (Å²) in [5.41, 5.74) is 0.794. The maximum atomic E-state index is 13.0. The molecule has 9 heteroatoms. The molecule has 31 heavy (non-hydrogen) atoms. The SMILES string of the molecule is N#Cc1c(-c2cc(/N=N/c3cccc(CO)c3)ccc2O)[n+]([O-])c2ccccc2[n+]1[O-]. The van der Waals surface area contributed by atoms with Gasteiger partial charge in [0.25, 0.3) is 11.0 Å². The quantitative estimate of drug-likeness (QED) is 0.300. The second kappa shape index (κ2) is 8.06. The third-order valence-corrected chi connectivity index (χ3v) is 4.67. The van der Waals surface area contributed by atoms with Gasteiger partial charge in [-0.15, -0.1) is 4.73 Å². The van der Waals surface area contributed by atoms with Crippen LogP contribution in [0.5, 0.6) is 5.75 Å². The van der Waals surface area contributed by atoms with Gasteiger partial charge in [-0.3, -0.25) is 0 Å². The van der Waals surface area contributed by atoms with Crippen molar-refractivity contribution >= 4 is 22.4 Å². The van der Waals surface area contributed by atoms with E-state index < -0.39 is 5.69 Å². The fraction of sp³-hybridized carbons (Fsp3) is 0.0455. The Morgan fingerprint density at radius 3 is 2.23 bits per heavy atom. The van der Waals surface area contributed by atoms with Gasteiger partial charge in [0, 0.05) is 12.1 Å². The minimum atomic E-state index is -0.450. The molecule has 0 unspecified atom stereocenters. The lowest BCUT2D eigenvalue weighted by Gasteiger charge is -2.11. The number of rotatable bonds is 4. The Morgan fingerprint density at radius 2 is 1.55 bits per heavy atom. The number of hydrogen-bond donors (Lipinski definition) is 2. The number of hydrogen-bond acceptors (Lipinski definition) is 7. The first kappa shape index (κ1) is 19.8. The number of fused-ring (bicyclic) bond motifs is 1. The molecule has 152 valence electrons. The molecule has 0 amide bonds. The van der Waals surface area contributed by atoms with Gasteiger partial charge in [-0.1, -0.05) is 24.3 Å². The van der Waals surface area contributed by atoms with E-state index in [9.17, 15) is 25.9 Å². The third kappa shape index (κ3) is 3.59. The summed E-state index contributed by atoms with van der Waals surface area (Å²) in [6.45, 7) is -0.135. The Bertz CT molecular complexity index is 1380. The molecule has 3 aromatic carbocycles. The van der Waals surface area contributed by atoms with Crippen molar-refractivity contribution in [1.82, 2.24) is 0 Å². The minimum Gasteiger partial charge on any atom is -0.617 e. The van der Waals surface area contributed by atoms with E-state index in [1.165, 1.54) is 30.3 Å². The molecule has 0 aliphatic heterocycles. The second-order valence-corrected chi connectivity index (χ2v) is 6.62. The molecule has 0 aliphatic rings. The minimum absolute atomic E-state index is 0.0255. The van der Waals surface area contributed by atoms with Crippen LogP contribution in [0.3, 0.4) is 0 Å². The first-order valence-electron chi connectivity index (χ1n) is 9.16. The lowest BCUT2D eigenvalue weighted by Crippen LogP contribution is -2.43. The fourth-order valence-electron chi connectivity index (χ4n) is 3.18. The van der Waals surface area contributed by atoms with Gasteiger partial charge in [0.05, 0.1) is 23.5 Å². The van der Waals surface area contributed by atoms with Crippen LogP contribution < -0.4 is 9.46 Å². The second-order valence-electron chi connectivity index (χ2n) is 6.62. The molecule has 0 bridgehead atoms. The number of phenolic OH excluding ortho intramolecular Hbond substituents is 1. The van der Waals surface area contributed by atoms with Crippen LogP contribution in [0.25, 0.3) is 22.3 Å². The molecule has 0 radical (unpaired) electrons. The van der Waals surface area contributed by atoms with E-state index in [0.717, 1.165) is 0 Å². The highest BCUT2D eigenvalue weighted by molar-refractivity contribution is 5.75. The highest BCUT2D eigenvalue weighted by atomic mass is 16.5. The van der Waals surface area contributed by atoms with Crippen LogP contribution in [-0.2, 0) is 6.61 Å². The normalized spacial score (nSPS) is 11.1. The molecule has 0 fully saturated rings.